The molecule has 1 aliphatic heterocycles. The number of aliphatic hydroxyl groups is 2. The second-order valence-electron chi connectivity index (χ2n) is 5.98. The summed E-state index contributed by atoms with van der Waals surface area (Å²) in [7, 11) is 3.16. The Balaban J connectivity index is 2.15. The van der Waals surface area contributed by atoms with Crippen LogP contribution in [0.3, 0.4) is 0 Å². The van der Waals surface area contributed by atoms with Gasteiger partial charge in [-0.05, 0) is 24.1 Å². The van der Waals surface area contributed by atoms with Gasteiger partial charge in [-0.1, -0.05) is 0 Å². The molecule has 2 aromatic rings. The molecule has 0 amide bonds. The van der Waals surface area contributed by atoms with Crippen LogP contribution in [-0.4, -0.2) is 60.3 Å². The number of nitrogens with zero attached hydrogens (tertiary/aromatic N) is 3. The van der Waals surface area contributed by atoms with Gasteiger partial charge in [-0.15, -0.1) is 0 Å². The normalized spacial score (nSPS) is 12.3. The summed E-state index contributed by atoms with van der Waals surface area (Å²) in [6.45, 7) is 0.915. The van der Waals surface area contributed by atoms with Crippen molar-refractivity contribution in [1.29, 1.82) is 0 Å². The molecule has 0 aliphatic carbocycles. The van der Waals surface area contributed by atoms with Gasteiger partial charge in [-0.25, -0.2) is 4.79 Å². The number of methoxy groups -OCH3 is 2. The Morgan fingerprint density at radius 2 is 1.77 bits per heavy atom. The Labute approximate surface area is 151 Å². The van der Waals surface area contributed by atoms with Gasteiger partial charge >= 0.3 is 5.69 Å². The van der Waals surface area contributed by atoms with Crippen LogP contribution in [0.15, 0.2) is 23.0 Å². The number of aliphatic hydroxyl groups excluding tert-OH is 2. The SMILES string of the molecule is COc1cc2c(cc1OC)-c1cc(N(CCO)CCO)nc(=O)n1CC2. The zero-order chi connectivity index (χ0) is 18.7. The molecule has 140 valence electrons. The maximum Gasteiger partial charge on any atom is 0.350 e. The molecule has 1 aromatic heterocycles. The first kappa shape index (κ1) is 18.2. The van der Waals surface area contributed by atoms with Gasteiger partial charge in [0.2, 0.25) is 0 Å². The third-order valence-corrected chi connectivity index (χ3v) is 4.55. The third-order valence-electron chi connectivity index (χ3n) is 4.55. The van der Waals surface area contributed by atoms with Crippen molar-refractivity contribution in [1.82, 2.24) is 9.55 Å². The highest BCUT2D eigenvalue weighted by atomic mass is 16.5. The van der Waals surface area contributed by atoms with Gasteiger partial charge in [0.05, 0.1) is 33.1 Å². The zero-order valence-corrected chi connectivity index (χ0v) is 14.9. The second kappa shape index (κ2) is 7.76. The fourth-order valence-corrected chi connectivity index (χ4v) is 3.28. The Bertz CT molecular complexity index is 843. The molecule has 0 saturated carbocycles. The third kappa shape index (κ3) is 3.25. The van der Waals surface area contributed by atoms with Crippen molar-refractivity contribution in [3.05, 3.63) is 34.2 Å². The Kier molecular flexibility index (Phi) is 5.43. The number of ether oxygens (including phenoxy) is 2. The first-order chi connectivity index (χ1) is 12.6. The minimum atomic E-state index is -0.348. The molecular formula is C18H23N3O5. The number of aryl methyl sites for hydroxylation is 1. The summed E-state index contributed by atoms with van der Waals surface area (Å²) in [4.78, 5) is 18.3. The molecule has 2 N–H and O–H groups in total. The summed E-state index contributed by atoms with van der Waals surface area (Å²) >= 11 is 0. The van der Waals surface area contributed by atoms with Crippen molar-refractivity contribution in [2.45, 2.75) is 13.0 Å². The smallest absolute Gasteiger partial charge is 0.350 e. The lowest BCUT2D eigenvalue weighted by molar-refractivity contribution is 0.280. The topological polar surface area (TPSA) is 97.1 Å². The van der Waals surface area contributed by atoms with Crippen LogP contribution in [0, 0.1) is 0 Å². The molecule has 3 rings (SSSR count). The average molecular weight is 361 g/mol. The minimum absolute atomic E-state index is 0.0955. The minimum Gasteiger partial charge on any atom is -0.493 e. The van der Waals surface area contributed by atoms with Crippen molar-refractivity contribution in [3.63, 3.8) is 0 Å². The number of rotatable bonds is 7. The van der Waals surface area contributed by atoms with Crippen molar-refractivity contribution in [3.8, 4) is 22.8 Å². The lowest BCUT2D eigenvalue weighted by Crippen LogP contribution is -2.35. The molecule has 2 heterocycles. The van der Waals surface area contributed by atoms with E-state index in [1.165, 1.54) is 0 Å². The van der Waals surface area contributed by atoms with Gasteiger partial charge in [0, 0.05) is 31.3 Å². The lowest BCUT2D eigenvalue weighted by Gasteiger charge is -2.26. The predicted molar refractivity (Wildman–Crippen MR) is 97.1 cm³/mol. The summed E-state index contributed by atoms with van der Waals surface area (Å²) < 4.78 is 12.4. The van der Waals surface area contributed by atoms with Crippen molar-refractivity contribution >= 4 is 5.82 Å². The molecule has 26 heavy (non-hydrogen) atoms. The number of fused-ring (bicyclic) bond motifs is 3. The number of hydrogen-bond acceptors (Lipinski definition) is 7. The predicted octanol–water partition coefficient (Wildman–Crippen LogP) is 0.275. The van der Waals surface area contributed by atoms with Crippen molar-refractivity contribution < 1.29 is 19.7 Å². The largest absolute Gasteiger partial charge is 0.493 e. The molecule has 0 unspecified atom stereocenters. The van der Waals surface area contributed by atoms with Crippen LogP contribution in [0.2, 0.25) is 0 Å². The van der Waals surface area contributed by atoms with Crippen LogP contribution in [0.25, 0.3) is 11.3 Å². The maximum atomic E-state index is 12.5. The van der Waals surface area contributed by atoms with E-state index in [4.69, 9.17) is 9.47 Å². The van der Waals surface area contributed by atoms with Gasteiger partial charge in [-0.2, -0.15) is 4.98 Å². The quantitative estimate of drug-likeness (QED) is 0.731. The van der Waals surface area contributed by atoms with Gasteiger partial charge in [-0.3, -0.25) is 4.57 Å². The van der Waals surface area contributed by atoms with Crippen LogP contribution < -0.4 is 20.1 Å². The van der Waals surface area contributed by atoms with Gasteiger partial charge in [0.25, 0.3) is 0 Å². The van der Waals surface area contributed by atoms with E-state index in [0.717, 1.165) is 16.8 Å². The van der Waals surface area contributed by atoms with Crippen LogP contribution in [0.5, 0.6) is 11.5 Å². The van der Waals surface area contributed by atoms with Gasteiger partial charge < -0.3 is 24.6 Å². The Morgan fingerprint density at radius 1 is 1.12 bits per heavy atom. The standard InChI is InChI=1S/C18H23N3O5/c1-25-15-9-12-3-4-21-14(13(12)10-16(15)26-2)11-17(19-18(21)24)20(5-7-22)6-8-23/h9-11,22-23H,3-8H2,1-2H3. The molecule has 0 atom stereocenters. The van der Waals surface area contributed by atoms with Crippen LogP contribution in [-0.2, 0) is 13.0 Å². The molecule has 1 aromatic carbocycles. The molecular weight excluding hydrogens is 338 g/mol. The maximum absolute atomic E-state index is 12.5. The molecule has 0 fully saturated rings. The molecule has 8 heteroatoms. The Morgan fingerprint density at radius 3 is 2.38 bits per heavy atom. The number of aromatic nitrogens is 2. The average Bonchev–Trinajstić information content (AvgIpc) is 2.66. The van der Waals surface area contributed by atoms with Gasteiger partial charge in [0.15, 0.2) is 11.5 Å². The van der Waals surface area contributed by atoms with Crippen molar-refractivity contribution in [2.24, 2.45) is 0 Å². The fraction of sp³-hybridized carbons (Fsp3) is 0.444. The number of anilines is 1. The zero-order valence-electron chi connectivity index (χ0n) is 14.9. The van der Waals surface area contributed by atoms with Crippen LogP contribution in [0.1, 0.15) is 5.56 Å². The van der Waals surface area contributed by atoms with Gasteiger partial charge in [0.1, 0.15) is 5.82 Å². The molecule has 8 nitrogen and oxygen atoms in total. The number of benzene rings is 1. The monoisotopic (exact) mass is 361 g/mol. The first-order valence-corrected chi connectivity index (χ1v) is 8.46. The first-order valence-electron chi connectivity index (χ1n) is 8.46. The van der Waals surface area contributed by atoms with E-state index < -0.39 is 0 Å². The highest BCUT2D eigenvalue weighted by molar-refractivity contribution is 5.72. The van der Waals surface area contributed by atoms with Crippen LogP contribution in [0.4, 0.5) is 5.82 Å². The summed E-state index contributed by atoms with van der Waals surface area (Å²) in [6.07, 6.45) is 0.695. The van der Waals surface area contributed by atoms with E-state index in [2.05, 4.69) is 4.98 Å². The van der Waals surface area contributed by atoms with Crippen LogP contribution >= 0.6 is 0 Å². The second-order valence-corrected chi connectivity index (χ2v) is 5.98. The molecule has 0 spiro atoms. The molecule has 0 saturated heterocycles. The van der Waals surface area contributed by atoms with E-state index in [1.807, 2.05) is 18.2 Å². The van der Waals surface area contributed by atoms with E-state index in [1.54, 1.807) is 23.7 Å². The fourth-order valence-electron chi connectivity index (χ4n) is 3.28. The summed E-state index contributed by atoms with van der Waals surface area (Å²) in [6, 6.07) is 5.61. The number of hydrogen-bond donors (Lipinski definition) is 2. The highest BCUT2D eigenvalue weighted by Gasteiger charge is 2.22. The van der Waals surface area contributed by atoms with E-state index >= 15 is 0 Å². The molecule has 0 bridgehead atoms. The Hall–Kier alpha value is -2.58. The lowest BCUT2D eigenvalue weighted by atomic mass is 9.97. The molecule has 1 aliphatic rings. The summed E-state index contributed by atoms with van der Waals surface area (Å²) in [5.74, 6) is 1.68. The van der Waals surface area contributed by atoms with E-state index in [-0.39, 0.29) is 32.0 Å². The summed E-state index contributed by atoms with van der Waals surface area (Å²) in [5.41, 5.74) is 2.35. The van der Waals surface area contributed by atoms with E-state index in [0.29, 0.717) is 30.3 Å². The molecule has 0 radical (unpaired) electrons. The summed E-state index contributed by atoms with van der Waals surface area (Å²) in [5, 5.41) is 18.5. The highest BCUT2D eigenvalue weighted by Crippen LogP contribution is 2.38. The van der Waals surface area contributed by atoms with Crippen molar-refractivity contribution in [2.75, 3.05) is 45.4 Å². The van der Waals surface area contributed by atoms with E-state index in [9.17, 15) is 15.0 Å².